The Hall–Kier alpha value is -1.59. The molecule has 1 heterocycles. The van der Waals surface area contributed by atoms with E-state index in [9.17, 15) is 0 Å². The van der Waals surface area contributed by atoms with Gasteiger partial charge in [0.1, 0.15) is 6.61 Å². The van der Waals surface area contributed by atoms with Crippen LogP contribution in [0, 0.1) is 6.92 Å². The molecule has 1 N–H and O–H groups in total. The van der Waals surface area contributed by atoms with Gasteiger partial charge in [-0.15, -0.1) is 11.3 Å². The van der Waals surface area contributed by atoms with Crippen molar-refractivity contribution in [1.82, 2.24) is 10.3 Å². The standard InChI is InChI=1S/C15H20N2O2S/c1-4-18-15-7-12(8-16-3)5-6-14(15)19-9-13-10-20-11(2)17-13/h5-7,10,16H,4,8-9H2,1-3H3. The lowest BCUT2D eigenvalue weighted by Gasteiger charge is -2.12. The summed E-state index contributed by atoms with van der Waals surface area (Å²) in [5.74, 6) is 1.55. The molecule has 0 aliphatic carbocycles. The number of aromatic nitrogens is 1. The van der Waals surface area contributed by atoms with Crippen LogP contribution in [0.5, 0.6) is 11.5 Å². The molecule has 0 aliphatic rings. The van der Waals surface area contributed by atoms with Gasteiger partial charge in [-0.05, 0) is 38.6 Å². The number of ether oxygens (including phenoxy) is 2. The molecule has 0 saturated heterocycles. The van der Waals surface area contributed by atoms with E-state index in [-0.39, 0.29) is 0 Å². The van der Waals surface area contributed by atoms with Gasteiger partial charge in [0.25, 0.3) is 0 Å². The average Bonchev–Trinajstić information content (AvgIpc) is 2.84. The van der Waals surface area contributed by atoms with Gasteiger partial charge >= 0.3 is 0 Å². The smallest absolute Gasteiger partial charge is 0.161 e. The Morgan fingerprint density at radius 3 is 2.75 bits per heavy atom. The molecule has 108 valence electrons. The first-order chi connectivity index (χ1) is 9.72. The molecule has 0 radical (unpaired) electrons. The van der Waals surface area contributed by atoms with Crippen LogP contribution in [0.2, 0.25) is 0 Å². The molecule has 0 unspecified atom stereocenters. The van der Waals surface area contributed by atoms with E-state index in [0.717, 1.165) is 28.7 Å². The number of hydrogen-bond donors (Lipinski definition) is 1. The quantitative estimate of drug-likeness (QED) is 0.851. The monoisotopic (exact) mass is 292 g/mol. The van der Waals surface area contributed by atoms with Gasteiger partial charge in [-0.25, -0.2) is 4.98 Å². The van der Waals surface area contributed by atoms with E-state index in [2.05, 4.69) is 10.3 Å². The lowest BCUT2D eigenvalue weighted by atomic mass is 10.2. The fraction of sp³-hybridized carbons (Fsp3) is 0.400. The van der Waals surface area contributed by atoms with E-state index in [0.29, 0.717) is 13.2 Å². The molecular formula is C15H20N2O2S. The molecule has 0 fully saturated rings. The van der Waals surface area contributed by atoms with Crippen LogP contribution in [0.4, 0.5) is 0 Å². The highest BCUT2D eigenvalue weighted by molar-refractivity contribution is 7.09. The van der Waals surface area contributed by atoms with Crippen molar-refractivity contribution in [3.8, 4) is 11.5 Å². The zero-order valence-electron chi connectivity index (χ0n) is 12.1. The fourth-order valence-corrected chi connectivity index (χ4v) is 2.48. The topological polar surface area (TPSA) is 43.4 Å². The van der Waals surface area contributed by atoms with Gasteiger partial charge in [0.15, 0.2) is 11.5 Å². The summed E-state index contributed by atoms with van der Waals surface area (Å²) in [7, 11) is 1.93. The van der Waals surface area contributed by atoms with Crippen LogP contribution in [-0.4, -0.2) is 18.6 Å². The van der Waals surface area contributed by atoms with Crippen LogP contribution in [0.1, 0.15) is 23.2 Å². The Morgan fingerprint density at radius 1 is 1.25 bits per heavy atom. The predicted molar refractivity (Wildman–Crippen MR) is 81.6 cm³/mol. The zero-order chi connectivity index (χ0) is 14.4. The molecule has 0 atom stereocenters. The molecule has 0 amide bonds. The van der Waals surface area contributed by atoms with E-state index in [1.807, 2.05) is 44.5 Å². The molecule has 2 rings (SSSR count). The lowest BCUT2D eigenvalue weighted by molar-refractivity contribution is 0.266. The Morgan fingerprint density at radius 2 is 2.10 bits per heavy atom. The molecule has 5 heteroatoms. The van der Waals surface area contributed by atoms with Gasteiger partial charge in [0, 0.05) is 11.9 Å². The van der Waals surface area contributed by atoms with E-state index in [1.54, 1.807) is 11.3 Å². The summed E-state index contributed by atoms with van der Waals surface area (Å²) < 4.78 is 11.5. The Bertz CT molecular complexity index is 555. The third-order valence-electron chi connectivity index (χ3n) is 2.73. The Labute approximate surface area is 123 Å². The van der Waals surface area contributed by atoms with Crippen molar-refractivity contribution >= 4 is 11.3 Å². The predicted octanol–water partition coefficient (Wildman–Crippen LogP) is 3.15. The summed E-state index contributed by atoms with van der Waals surface area (Å²) in [6.07, 6.45) is 0. The maximum absolute atomic E-state index is 5.82. The second-order valence-electron chi connectivity index (χ2n) is 4.39. The number of aryl methyl sites for hydroxylation is 1. The first-order valence-corrected chi connectivity index (χ1v) is 7.55. The van der Waals surface area contributed by atoms with Crippen molar-refractivity contribution in [3.05, 3.63) is 39.8 Å². The highest BCUT2D eigenvalue weighted by Crippen LogP contribution is 2.29. The molecule has 2 aromatic rings. The third kappa shape index (κ3) is 3.95. The summed E-state index contributed by atoms with van der Waals surface area (Å²) in [5, 5.41) is 6.20. The van der Waals surface area contributed by atoms with Crippen molar-refractivity contribution < 1.29 is 9.47 Å². The minimum Gasteiger partial charge on any atom is -0.490 e. The molecular weight excluding hydrogens is 272 g/mol. The third-order valence-corrected chi connectivity index (χ3v) is 3.55. The maximum atomic E-state index is 5.82. The minimum absolute atomic E-state index is 0.468. The number of benzene rings is 1. The highest BCUT2D eigenvalue weighted by atomic mass is 32.1. The van der Waals surface area contributed by atoms with Crippen LogP contribution >= 0.6 is 11.3 Å². The molecule has 0 bridgehead atoms. The normalized spacial score (nSPS) is 10.6. The van der Waals surface area contributed by atoms with Crippen LogP contribution in [0.25, 0.3) is 0 Å². The van der Waals surface area contributed by atoms with E-state index < -0.39 is 0 Å². The molecule has 20 heavy (non-hydrogen) atoms. The van der Waals surface area contributed by atoms with Gasteiger partial charge in [-0.1, -0.05) is 6.07 Å². The van der Waals surface area contributed by atoms with Gasteiger partial charge in [-0.2, -0.15) is 0 Å². The number of nitrogens with zero attached hydrogens (tertiary/aromatic N) is 1. The highest BCUT2D eigenvalue weighted by Gasteiger charge is 2.08. The minimum atomic E-state index is 0.468. The van der Waals surface area contributed by atoms with E-state index >= 15 is 0 Å². The summed E-state index contributed by atoms with van der Waals surface area (Å²) in [6.45, 7) is 5.86. The van der Waals surface area contributed by atoms with Crippen LogP contribution in [-0.2, 0) is 13.2 Å². The number of thiazole rings is 1. The second-order valence-corrected chi connectivity index (χ2v) is 5.45. The zero-order valence-corrected chi connectivity index (χ0v) is 12.9. The second kappa shape index (κ2) is 7.26. The number of hydrogen-bond acceptors (Lipinski definition) is 5. The van der Waals surface area contributed by atoms with Crippen LogP contribution in [0.3, 0.4) is 0 Å². The molecule has 4 nitrogen and oxygen atoms in total. The number of rotatable bonds is 7. The molecule has 0 aliphatic heterocycles. The SMILES string of the molecule is CCOc1cc(CNC)ccc1OCc1csc(C)n1. The maximum Gasteiger partial charge on any atom is 0.161 e. The van der Waals surface area contributed by atoms with Crippen molar-refractivity contribution in [2.24, 2.45) is 0 Å². The lowest BCUT2D eigenvalue weighted by Crippen LogP contribution is -2.06. The summed E-state index contributed by atoms with van der Waals surface area (Å²) in [4.78, 5) is 4.39. The largest absolute Gasteiger partial charge is 0.490 e. The molecule has 0 saturated carbocycles. The fourth-order valence-electron chi connectivity index (χ4n) is 1.88. The molecule has 1 aromatic heterocycles. The van der Waals surface area contributed by atoms with Crippen molar-refractivity contribution in [2.45, 2.75) is 27.0 Å². The summed E-state index contributed by atoms with van der Waals surface area (Å²) in [5.41, 5.74) is 2.13. The van der Waals surface area contributed by atoms with Gasteiger partial charge in [-0.3, -0.25) is 0 Å². The first-order valence-electron chi connectivity index (χ1n) is 6.67. The van der Waals surface area contributed by atoms with Crippen molar-refractivity contribution in [2.75, 3.05) is 13.7 Å². The Kier molecular flexibility index (Phi) is 5.38. The van der Waals surface area contributed by atoms with Gasteiger partial charge < -0.3 is 14.8 Å². The van der Waals surface area contributed by atoms with Crippen molar-refractivity contribution in [3.63, 3.8) is 0 Å². The van der Waals surface area contributed by atoms with Crippen LogP contribution < -0.4 is 14.8 Å². The van der Waals surface area contributed by atoms with Crippen molar-refractivity contribution in [1.29, 1.82) is 0 Å². The summed E-state index contributed by atoms with van der Waals surface area (Å²) in [6, 6.07) is 6.01. The van der Waals surface area contributed by atoms with E-state index in [1.165, 1.54) is 5.56 Å². The molecule has 0 spiro atoms. The average molecular weight is 292 g/mol. The van der Waals surface area contributed by atoms with E-state index in [4.69, 9.17) is 9.47 Å². The first kappa shape index (κ1) is 14.8. The van der Waals surface area contributed by atoms with Gasteiger partial charge in [0.05, 0.1) is 17.3 Å². The number of nitrogens with one attached hydrogen (secondary N) is 1. The summed E-state index contributed by atoms with van der Waals surface area (Å²) >= 11 is 1.63. The Balaban J connectivity index is 2.09. The van der Waals surface area contributed by atoms with Crippen LogP contribution in [0.15, 0.2) is 23.6 Å². The molecule has 1 aromatic carbocycles. The van der Waals surface area contributed by atoms with Gasteiger partial charge in [0.2, 0.25) is 0 Å².